The normalized spacial score (nSPS) is 11.9. The average Bonchev–Trinajstić information content (AvgIpc) is 3.05. The monoisotopic (exact) mass is 391 g/mol. The Balaban J connectivity index is 1.50. The topological polar surface area (TPSA) is 94.3 Å². The van der Waals surface area contributed by atoms with Crippen LogP contribution in [0.3, 0.4) is 0 Å². The van der Waals surface area contributed by atoms with Crippen LogP contribution in [0.4, 0.5) is 5.69 Å². The molecule has 0 unspecified atom stereocenters. The lowest BCUT2D eigenvalue weighted by Crippen LogP contribution is -2.30. The second kappa shape index (κ2) is 8.20. The van der Waals surface area contributed by atoms with Gasteiger partial charge in [0.15, 0.2) is 16.8 Å². The third-order valence-corrected chi connectivity index (χ3v) is 4.38. The predicted molar refractivity (Wildman–Crippen MR) is 98.2 cm³/mol. The first-order valence-corrected chi connectivity index (χ1v) is 8.98. The smallest absolute Gasteiger partial charge is 0.317 e. The summed E-state index contributed by atoms with van der Waals surface area (Å²) in [6.45, 7) is 1.47. The number of anilines is 1. The molecule has 0 saturated heterocycles. The van der Waals surface area contributed by atoms with E-state index in [9.17, 15) is 9.59 Å². The Morgan fingerprint density at radius 3 is 2.88 bits per heavy atom. The minimum atomic E-state index is -0.983. The molecule has 0 radical (unpaired) electrons. The zero-order valence-electron chi connectivity index (χ0n) is 13.6. The largest absolute Gasteiger partial charge is 0.452 e. The zero-order valence-corrected chi connectivity index (χ0v) is 15.2. The molecule has 1 N–H and O–H groups in total. The number of halogens is 1. The third kappa shape index (κ3) is 4.53. The summed E-state index contributed by atoms with van der Waals surface area (Å²) in [4.78, 5) is 32.1. The number of benzene rings is 1. The van der Waals surface area contributed by atoms with Gasteiger partial charge in [0, 0.05) is 6.20 Å². The molecule has 0 bridgehead atoms. The average molecular weight is 392 g/mol. The molecule has 26 heavy (non-hydrogen) atoms. The molecule has 0 aliphatic carbocycles. The molecule has 0 spiro atoms. The van der Waals surface area contributed by atoms with Crippen LogP contribution in [-0.2, 0) is 14.3 Å². The summed E-state index contributed by atoms with van der Waals surface area (Å²) >= 11 is 6.97. The van der Waals surface area contributed by atoms with Crippen LogP contribution in [-0.4, -0.2) is 33.7 Å². The maximum atomic E-state index is 12.1. The zero-order chi connectivity index (χ0) is 18.5. The van der Waals surface area contributed by atoms with Gasteiger partial charge >= 0.3 is 5.97 Å². The van der Waals surface area contributed by atoms with Gasteiger partial charge in [0.1, 0.15) is 11.3 Å². The summed E-state index contributed by atoms with van der Waals surface area (Å²) in [5.41, 5.74) is 1.71. The van der Waals surface area contributed by atoms with Gasteiger partial charge < -0.3 is 14.5 Å². The van der Waals surface area contributed by atoms with Crippen molar-refractivity contribution in [2.24, 2.45) is 0 Å². The summed E-state index contributed by atoms with van der Waals surface area (Å²) in [5.74, 6) is -1.09. The van der Waals surface area contributed by atoms with Gasteiger partial charge in [-0.3, -0.25) is 9.59 Å². The molecule has 9 heteroatoms. The molecule has 0 aliphatic heterocycles. The molecule has 1 amide bonds. The first-order valence-electron chi connectivity index (χ1n) is 7.62. The van der Waals surface area contributed by atoms with Crippen molar-refractivity contribution in [3.8, 4) is 0 Å². The number of carbonyl (C=O) groups is 2. The van der Waals surface area contributed by atoms with Crippen LogP contribution in [0.25, 0.3) is 11.1 Å². The second-order valence-corrected chi connectivity index (χ2v) is 6.48. The van der Waals surface area contributed by atoms with Gasteiger partial charge in [-0.1, -0.05) is 35.5 Å². The van der Waals surface area contributed by atoms with Crippen molar-refractivity contribution in [3.05, 3.63) is 47.7 Å². The maximum Gasteiger partial charge on any atom is 0.317 e. The number of esters is 1. The van der Waals surface area contributed by atoms with E-state index in [1.807, 2.05) is 18.2 Å². The van der Waals surface area contributed by atoms with Gasteiger partial charge in [-0.25, -0.2) is 9.97 Å². The molecule has 0 aliphatic rings. The van der Waals surface area contributed by atoms with E-state index in [0.29, 0.717) is 22.0 Å². The molecule has 3 aromatic rings. The van der Waals surface area contributed by atoms with E-state index in [2.05, 4.69) is 15.3 Å². The Labute approximate surface area is 158 Å². The van der Waals surface area contributed by atoms with E-state index in [1.165, 1.54) is 13.1 Å². The molecule has 2 heterocycles. The van der Waals surface area contributed by atoms with Crippen LogP contribution in [0.1, 0.15) is 6.92 Å². The number of nitrogens with zero attached hydrogens (tertiary/aromatic N) is 2. The van der Waals surface area contributed by atoms with E-state index in [-0.39, 0.29) is 10.9 Å². The van der Waals surface area contributed by atoms with Gasteiger partial charge in [-0.05, 0) is 31.2 Å². The lowest BCUT2D eigenvalue weighted by atomic mass is 10.3. The van der Waals surface area contributed by atoms with Gasteiger partial charge in [-0.2, -0.15) is 0 Å². The molecule has 0 fully saturated rings. The standard InChI is InChI=1S/C17H14ClN3O4S/c1-10(16(23)20-12-6-4-8-19-15(12)18)24-14(22)9-26-17-21-11-5-2-3-7-13(11)25-17/h2-8,10H,9H2,1H3,(H,20,23)/t10-/m1/s1. The number of aromatic nitrogens is 2. The quantitative estimate of drug-likeness (QED) is 0.390. The molecule has 0 saturated carbocycles. The number of ether oxygens (including phenoxy) is 1. The number of carbonyl (C=O) groups excluding carboxylic acids is 2. The fraction of sp³-hybridized carbons (Fsp3) is 0.176. The van der Waals surface area contributed by atoms with E-state index >= 15 is 0 Å². The highest BCUT2D eigenvalue weighted by atomic mass is 35.5. The Hall–Kier alpha value is -2.58. The van der Waals surface area contributed by atoms with Crippen molar-refractivity contribution in [1.82, 2.24) is 9.97 Å². The Kier molecular flexibility index (Phi) is 5.75. The lowest BCUT2D eigenvalue weighted by Gasteiger charge is -2.13. The highest BCUT2D eigenvalue weighted by Gasteiger charge is 2.19. The van der Waals surface area contributed by atoms with Gasteiger partial charge in [0.2, 0.25) is 0 Å². The Bertz CT molecular complexity index is 913. The van der Waals surface area contributed by atoms with Crippen LogP contribution in [0, 0.1) is 0 Å². The van der Waals surface area contributed by atoms with Crippen molar-refractivity contribution >= 4 is 52.0 Å². The van der Waals surface area contributed by atoms with E-state index < -0.39 is 18.0 Å². The fourth-order valence-electron chi connectivity index (χ4n) is 2.03. The molecule has 1 atom stereocenters. The Morgan fingerprint density at radius 1 is 1.31 bits per heavy atom. The molecule has 134 valence electrons. The Morgan fingerprint density at radius 2 is 2.12 bits per heavy atom. The molecular weight excluding hydrogens is 378 g/mol. The number of amides is 1. The van der Waals surface area contributed by atoms with Crippen LogP contribution in [0.15, 0.2) is 52.2 Å². The molecular formula is C17H14ClN3O4S. The van der Waals surface area contributed by atoms with Gasteiger partial charge in [-0.15, -0.1) is 0 Å². The van der Waals surface area contributed by atoms with Crippen molar-refractivity contribution in [2.75, 3.05) is 11.1 Å². The number of oxazole rings is 1. The highest BCUT2D eigenvalue weighted by Crippen LogP contribution is 2.23. The lowest BCUT2D eigenvalue weighted by molar-refractivity contribution is -0.150. The summed E-state index contributed by atoms with van der Waals surface area (Å²) < 4.78 is 10.6. The number of nitrogens with one attached hydrogen (secondary N) is 1. The molecule has 7 nitrogen and oxygen atoms in total. The molecule has 2 aromatic heterocycles. The van der Waals surface area contributed by atoms with Crippen LogP contribution >= 0.6 is 23.4 Å². The minimum Gasteiger partial charge on any atom is -0.452 e. The third-order valence-electron chi connectivity index (χ3n) is 3.28. The number of hydrogen-bond donors (Lipinski definition) is 1. The minimum absolute atomic E-state index is 0.0297. The maximum absolute atomic E-state index is 12.1. The SMILES string of the molecule is C[C@@H](OC(=O)CSc1nc2ccccc2o1)C(=O)Nc1cccnc1Cl. The van der Waals surface area contributed by atoms with Gasteiger partial charge in [0.05, 0.1) is 5.69 Å². The fourth-order valence-corrected chi connectivity index (χ4v) is 2.82. The van der Waals surface area contributed by atoms with Crippen LogP contribution in [0.2, 0.25) is 5.15 Å². The van der Waals surface area contributed by atoms with E-state index in [1.54, 1.807) is 18.2 Å². The number of hydrogen-bond acceptors (Lipinski definition) is 7. The van der Waals surface area contributed by atoms with E-state index in [0.717, 1.165) is 11.8 Å². The first-order chi connectivity index (χ1) is 12.5. The van der Waals surface area contributed by atoms with Crippen LogP contribution < -0.4 is 5.32 Å². The van der Waals surface area contributed by atoms with Crippen molar-refractivity contribution < 1.29 is 18.7 Å². The number of thioether (sulfide) groups is 1. The summed E-state index contributed by atoms with van der Waals surface area (Å²) in [6.07, 6.45) is 0.521. The second-order valence-electron chi connectivity index (χ2n) is 5.20. The number of para-hydroxylation sites is 2. The van der Waals surface area contributed by atoms with Crippen molar-refractivity contribution in [3.63, 3.8) is 0 Å². The summed E-state index contributed by atoms with van der Waals surface area (Å²) in [7, 11) is 0. The summed E-state index contributed by atoms with van der Waals surface area (Å²) in [5, 5.41) is 3.08. The van der Waals surface area contributed by atoms with Crippen molar-refractivity contribution in [2.45, 2.75) is 18.3 Å². The summed E-state index contributed by atoms with van der Waals surface area (Å²) in [6, 6.07) is 10.5. The highest BCUT2D eigenvalue weighted by molar-refractivity contribution is 7.99. The van der Waals surface area contributed by atoms with Gasteiger partial charge in [0.25, 0.3) is 11.1 Å². The van der Waals surface area contributed by atoms with Crippen molar-refractivity contribution in [1.29, 1.82) is 0 Å². The van der Waals surface area contributed by atoms with Crippen LogP contribution in [0.5, 0.6) is 0 Å². The first kappa shape index (κ1) is 18.2. The number of rotatable bonds is 6. The molecule has 1 aromatic carbocycles. The number of fused-ring (bicyclic) bond motifs is 1. The predicted octanol–water partition coefficient (Wildman–Crippen LogP) is 3.54. The van der Waals surface area contributed by atoms with E-state index in [4.69, 9.17) is 20.8 Å². The number of pyridine rings is 1. The molecule has 3 rings (SSSR count).